The molecule has 0 radical (unpaired) electrons. The van der Waals surface area contributed by atoms with E-state index in [1.165, 1.54) is 0 Å². The highest BCUT2D eigenvalue weighted by atomic mass is 16.3. The first-order valence-corrected chi connectivity index (χ1v) is 10.7. The van der Waals surface area contributed by atoms with Crippen LogP contribution in [0.4, 0.5) is 0 Å². The van der Waals surface area contributed by atoms with Gasteiger partial charge in [0, 0.05) is 18.5 Å². The molecule has 2 amide bonds. The molecule has 0 atom stereocenters. The lowest BCUT2D eigenvalue weighted by atomic mass is 10.1. The van der Waals surface area contributed by atoms with E-state index >= 15 is 0 Å². The zero-order valence-corrected chi connectivity index (χ0v) is 18.0. The second kappa shape index (κ2) is 9.96. The SMILES string of the molecule is Cc1ccccc1C(=O)NCCCc1nc2ccccc2n1CC(=O)NCc1ccco1. The van der Waals surface area contributed by atoms with E-state index in [0.29, 0.717) is 30.8 Å². The van der Waals surface area contributed by atoms with Crippen LogP contribution in [0.2, 0.25) is 0 Å². The van der Waals surface area contributed by atoms with Crippen LogP contribution in [-0.2, 0) is 24.3 Å². The fourth-order valence-electron chi connectivity index (χ4n) is 3.66. The third kappa shape index (κ3) is 5.06. The normalized spacial score (nSPS) is 10.9. The van der Waals surface area contributed by atoms with Crippen LogP contribution >= 0.6 is 0 Å². The van der Waals surface area contributed by atoms with Crippen molar-refractivity contribution >= 4 is 22.8 Å². The summed E-state index contributed by atoms with van der Waals surface area (Å²) in [5.41, 5.74) is 3.41. The van der Waals surface area contributed by atoms with Crippen molar-refractivity contribution in [3.8, 4) is 0 Å². The standard InChI is InChI=1S/C25H26N4O3/c1-18-8-2-3-10-20(18)25(31)26-14-6-13-23-28-21-11-4-5-12-22(21)29(23)17-24(30)27-16-19-9-7-15-32-19/h2-5,7-12,15H,6,13-14,16-17H2,1H3,(H,26,31)(H,27,30). The van der Waals surface area contributed by atoms with Gasteiger partial charge in [0.2, 0.25) is 5.91 Å². The number of imidazole rings is 1. The lowest BCUT2D eigenvalue weighted by Gasteiger charge is -2.10. The molecule has 0 unspecified atom stereocenters. The van der Waals surface area contributed by atoms with Gasteiger partial charge in [0.15, 0.2) is 0 Å². The molecule has 0 saturated heterocycles. The maximum atomic E-state index is 12.6. The molecule has 0 aliphatic heterocycles. The van der Waals surface area contributed by atoms with Crippen LogP contribution in [0.25, 0.3) is 11.0 Å². The highest BCUT2D eigenvalue weighted by Gasteiger charge is 2.14. The molecule has 2 heterocycles. The summed E-state index contributed by atoms with van der Waals surface area (Å²) in [6, 6.07) is 18.9. The van der Waals surface area contributed by atoms with Crippen LogP contribution in [-0.4, -0.2) is 27.9 Å². The van der Waals surface area contributed by atoms with Crippen LogP contribution in [0.1, 0.15) is 33.9 Å². The van der Waals surface area contributed by atoms with E-state index in [4.69, 9.17) is 9.40 Å². The molecule has 2 aromatic heterocycles. The van der Waals surface area contributed by atoms with Gasteiger partial charge in [0.25, 0.3) is 5.91 Å². The van der Waals surface area contributed by atoms with Gasteiger partial charge in [-0.25, -0.2) is 4.98 Å². The first-order chi connectivity index (χ1) is 15.6. The number of hydrogen-bond donors (Lipinski definition) is 2. The van der Waals surface area contributed by atoms with E-state index in [1.807, 2.05) is 66.1 Å². The van der Waals surface area contributed by atoms with E-state index in [2.05, 4.69) is 10.6 Å². The Labute approximate surface area is 186 Å². The van der Waals surface area contributed by atoms with Crippen molar-refractivity contribution in [1.82, 2.24) is 20.2 Å². The Morgan fingerprint density at radius 1 is 1.00 bits per heavy atom. The molecule has 164 valence electrons. The van der Waals surface area contributed by atoms with E-state index in [0.717, 1.165) is 28.8 Å². The summed E-state index contributed by atoms with van der Waals surface area (Å²) in [5.74, 6) is 1.34. The molecule has 32 heavy (non-hydrogen) atoms. The van der Waals surface area contributed by atoms with Crippen molar-refractivity contribution in [2.75, 3.05) is 6.54 Å². The number of furan rings is 1. The third-order valence-electron chi connectivity index (χ3n) is 5.33. The summed E-state index contributed by atoms with van der Waals surface area (Å²) in [6.45, 7) is 2.97. The van der Waals surface area contributed by atoms with Crippen LogP contribution in [0.5, 0.6) is 0 Å². The number of carbonyl (C=O) groups excluding carboxylic acids is 2. The van der Waals surface area contributed by atoms with Crippen molar-refractivity contribution in [1.29, 1.82) is 0 Å². The second-order valence-electron chi connectivity index (χ2n) is 7.63. The maximum absolute atomic E-state index is 12.6. The van der Waals surface area contributed by atoms with Gasteiger partial charge < -0.3 is 19.6 Å². The largest absolute Gasteiger partial charge is 0.467 e. The molecule has 0 saturated carbocycles. The number of aryl methyl sites for hydroxylation is 2. The fourth-order valence-corrected chi connectivity index (χ4v) is 3.66. The second-order valence-corrected chi connectivity index (χ2v) is 7.63. The zero-order valence-electron chi connectivity index (χ0n) is 18.0. The molecule has 0 spiro atoms. The molecule has 2 N–H and O–H groups in total. The number of benzene rings is 2. The topological polar surface area (TPSA) is 89.2 Å². The number of aromatic nitrogens is 2. The van der Waals surface area contributed by atoms with Crippen molar-refractivity contribution in [3.63, 3.8) is 0 Å². The Kier molecular flexibility index (Phi) is 6.65. The van der Waals surface area contributed by atoms with E-state index in [1.54, 1.807) is 12.3 Å². The molecular formula is C25H26N4O3. The predicted molar refractivity (Wildman–Crippen MR) is 122 cm³/mol. The zero-order chi connectivity index (χ0) is 22.3. The Morgan fingerprint density at radius 3 is 2.62 bits per heavy atom. The van der Waals surface area contributed by atoms with Gasteiger partial charge in [-0.15, -0.1) is 0 Å². The minimum absolute atomic E-state index is 0.0751. The maximum Gasteiger partial charge on any atom is 0.251 e. The van der Waals surface area contributed by atoms with Gasteiger partial charge >= 0.3 is 0 Å². The number of para-hydroxylation sites is 2. The Hall–Kier alpha value is -3.87. The van der Waals surface area contributed by atoms with Gasteiger partial charge in [-0.1, -0.05) is 30.3 Å². The summed E-state index contributed by atoms with van der Waals surface area (Å²) < 4.78 is 7.21. The van der Waals surface area contributed by atoms with Crippen molar-refractivity contribution in [2.24, 2.45) is 0 Å². The number of carbonyl (C=O) groups is 2. The minimum atomic E-state index is -0.112. The fraction of sp³-hybridized carbons (Fsp3) is 0.240. The molecule has 7 heteroatoms. The Morgan fingerprint density at radius 2 is 1.81 bits per heavy atom. The number of fused-ring (bicyclic) bond motifs is 1. The van der Waals surface area contributed by atoms with Gasteiger partial charge in [0.1, 0.15) is 18.1 Å². The quantitative estimate of drug-likeness (QED) is 0.397. The van der Waals surface area contributed by atoms with E-state index in [9.17, 15) is 9.59 Å². The Balaban J connectivity index is 1.38. The van der Waals surface area contributed by atoms with Gasteiger partial charge in [-0.3, -0.25) is 9.59 Å². The van der Waals surface area contributed by atoms with Crippen molar-refractivity contribution < 1.29 is 14.0 Å². The minimum Gasteiger partial charge on any atom is -0.467 e. The van der Waals surface area contributed by atoms with Crippen LogP contribution < -0.4 is 10.6 Å². The number of nitrogens with one attached hydrogen (secondary N) is 2. The number of rotatable bonds is 9. The average molecular weight is 431 g/mol. The van der Waals surface area contributed by atoms with E-state index in [-0.39, 0.29) is 18.4 Å². The van der Waals surface area contributed by atoms with Crippen LogP contribution in [0, 0.1) is 6.92 Å². The first-order valence-electron chi connectivity index (χ1n) is 10.7. The lowest BCUT2D eigenvalue weighted by Crippen LogP contribution is -2.28. The summed E-state index contributed by atoms with van der Waals surface area (Å²) in [7, 11) is 0. The van der Waals surface area contributed by atoms with Gasteiger partial charge in [0.05, 0.1) is 23.8 Å². The molecule has 0 fully saturated rings. The molecule has 2 aromatic carbocycles. The van der Waals surface area contributed by atoms with Crippen molar-refractivity contribution in [2.45, 2.75) is 32.9 Å². The molecule has 0 bridgehead atoms. The summed E-state index contributed by atoms with van der Waals surface area (Å²) in [5, 5.41) is 5.86. The van der Waals surface area contributed by atoms with Crippen LogP contribution in [0.15, 0.2) is 71.3 Å². The Bertz CT molecular complexity index is 1210. The highest BCUT2D eigenvalue weighted by Crippen LogP contribution is 2.17. The molecule has 7 nitrogen and oxygen atoms in total. The lowest BCUT2D eigenvalue weighted by molar-refractivity contribution is -0.121. The number of hydrogen-bond acceptors (Lipinski definition) is 4. The first kappa shape index (κ1) is 21.4. The van der Waals surface area contributed by atoms with Crippen LogP contribution in [0.3, 0.4) is 0 Å². The van der Waals surface area contributed by atoms with Gasteiger partial charge in [-0.05, 0) is 49.2 Å². The summed E-state index contributed by atoms with van der Waals surface area (Å²) in [6.07, 6.45) is 2.95. The van der Waals surface area contributed by atoms with E-state index < -0.39 is 0 Å². The summed E-state index contributed by atoms with van der Waals surface area (Å²) >= 11 is 0. The summed E-state index contributed by atoms with van der Waals surface area (Å²) in [4.78, 5) is 29.7. The third-order valence-corrected chi connectivity index (χ3v) is 5.33. The molecule has 4 aromatic rings. The molecule has 0 aliphatic rings. The number of amides is 2. The highest BCUT2D eigenvalue weighted by molar-refractivity contribution is 5.95. The number of nitrogens with zero attached hydrogens (tertiary/aromatic N) is 2. The van der Waals surface area contributed by atoms with Gasteiger partial charge in [-0.2, -0.15) is 0 Å². The molecule has 0 aliphatic carbocycles. The van der Waals surface area contributed by atoms with Crippen molar-refractivity contribution in [3.05, 3.63) is 89.6 Å². The molecule has 4 rings (SSSR count). The average Bonchev–Trinajstić information content (AvgIpc) is 3.44. The predicted octanol–water partition coefficient (Wildman–Crippen LogP) is 3.62. The molecular weight excluding hydrogens is 404 g/mol. The monoisotopic (exact) mass is 430 g/mol. The smallest absolute Gasteiger partial charge is 0.251 e.